The van der Waals surface area contributed by atoms with Crippen molar-refractivity contribution >= 4 is 44.8 Å². The summed E-state index contributed by atoms with van der Waals surface area (Å²) in [6, 6.07) is 4.02. The highest BCUT2D eigenvalue weighted by atomic mass is 35.5. The first-order chi connectivity index (χ1) is 8.27. The molecule has 1 N–H and O–H groups in total. The van der Waals surface area contributed by atoms with E-state index in [4.69, 9.17) is 34.8 Å². The number of hydrogen-bond donors (Lipinski definition) is 1. The molecule has 0 spiro atoms. The molecule has 7 heteroatoms. The second kappa shape index (κ2) is 6.44. The van der Waals surface area contributed by atoms with Crippen molar-refractivity contribution in [3.8, 4) is 0 Å². The minimum absolute atomic E-state index is 0.0133. The average Bonchev–Trinajstić information content (AvgIpc) is 2.30. The lowest BCUT2D eigenvalue weighted by molar-refractivity contribution is 0.480. The lowest BCUT2D eigenvalue weighted by atomic mass is 10.1. The van der Waals surface area contributed by atoms with Gasteiger partial charge in [-0.1, -0.05) is 30.1 Å². The van der Waals surface area contributed by atoms with Crippen molar-refractivity contribution in [2.75, 3.05) is 5.88 Å². The summed E-state index contributed by atoms with van der Waals surface area (Å²) in [7, 11) is -3.69. The molecule has 18 heavy (non-hydrogen) atoms. The van der Waals surface area contributed by atoms with E-state index in [1.165, 1.54) is 18.2 Å². The Bertz CT molecular complexity index is 519. The van der Waals surface area contributed by atoms with Gasteiger partial charge in [0, 0.05) is 16.9 Å². The molecule has 0 bridgehead atoms. The Morgan fingerprint density at radius 2 is 1.89 bits per heavy atom. The molecule has 0 amide bonds. The number of alkyl halides is 1. The predicted octanol–water partition coefficient (Wildman–Crippen LogP) is 3.54. The van der Waals surface area contributed by atoms with E-state index in [1.807, 2.05) is 6.92 Å². The second-order valence-electron chi connectivity index (χ2n) is 4.12. The van der Waals surface area contributed by atoms with Crippen LogP contribution in [0, 0.1) is 5.92 Å². The van der Waals surface area contributed by atoms with E-state index in [0.29, 0.717) is 10.9 Å². The average molecular weight is 331 g/mol. The quantitative estimate of drug-likeness (QED) is 0.839. The summed E-state index contributed by atoms with van der Waals surface area (Å²) in [4.78, 5) is -0.0229. The predicted molar refractivity (Wildman–Crippen MR) is 76.1 cm³/mol. The zero-order valence-corrected chi connectivity index (χ0v) is 13.0. The number of sulfonamides is 1. The van der Waals surface area contributed by atoms with E-state index < -0.39 is 10.0 Å². The fraction of sp³-hybridized carbons (Fsp3) is 0.455. The molecule has 0 aliphatic carbocycles. The van der Waals surface area contributed by atoms with Crippen molar-refractivity contribution in [3.63, 3.8) is 0 Å². The Hall–Kier alpha value is -0.000000000000000111. The van der Waals surface area contributed by atoms with Gasteiger partial charge < -0.3 is 0 Å². The minimum Gasteiger partial charge on any atom is -0.208 e. The first kappa shape index (κ1) is 16.1. The molecule has 0 saturated heterocycles. The van der Waals surface area contributed by atoms with E-state index >= 15 is 0 Å². The SMILES string of the molecule is CC(CCl)C(C)NS(=O)(=O)c1cc(Cl)ccc1Cl. The van der Waals surface area contributed by atoms with Gasteiger partial charge in [0.2, 0.25) is 10.0 Å². The lowest BCUT2D eigenvalue weighted by Gasteiger charge is -2.19. The molecule has 1 rings (SSSR count). The van der Waals surface area contributed by atoms with Crippen molar-refractivity contribution in [2.45, 2.75) is 24.8 Å². The third-order valence-electron chi connectivity index (χ3n) is 2.62. The van der Waals surface area contributed by atoms with Crippen LogP contribution < -0.4 is 4.72 Å². The normalized spacial score (nSPS) is 15.4. The fourth-order valence-corrected chi connectivity index (χ4v) is 3.62. The molecule has 0 aromatic heterocycles. The molecule has 0 aliphatic rings. The summed E-state index contributed by atoms with van der Waals surface area (Å²) in [5.74, 6) is 0.381. The Morgan fingerprint density at radius 1 is 1.28 bits per heavy atom. The van der Waals surface area contributed by atoms with Crippen LogP contribution in [-0.2, 0) is 10.0 Å². The highest BCUT2D eigenvalue weighted by Crippen LogP contribution is 2.25. The van der Waals surface area contributed by atoms with Crippen LogP contribution in [0.4, 0.5) is 0 Å². The molecule has 0 saturated carbocycles. The Labute approximate surface area is 122 Å². The van der Waals surface area contributed by atoms with Crippen molar-refractivity contribution in [1.82, 2.24) is 4.72 Å². The fourth-order valence-electron chi connectivity index (χ4n) is 1.24. The zero-order chi connectivity index (χ0) is 13.9. The van der Waals surface area contributed by atoms with Crippen LogP contribution in [0.25, 0.3) is 0 Å². The van der Waals surface area contributed by atoms with Crippen LogP contribution in [0.15, 0.2) is 23.1 Å². The molecule has 102 valence electrons. The van der Waals surface area contributed by atoms with Crippen LogP contribution in [0.1, 0.15) is 13.8 Å². The molecule has 0 aliphatic heterocycles. The number of benzene rings is 1. The Kier molecular flexibility index (Phi) is 5.74. The lowest BCUT2D eigenvalue weighted by Crippen LogP contribution is -2.37. The number of halogens is 3. The van der Waals surface area contributed by atoms with Crippen LogP contribution in [0.5, 0.6) is 0 Å². The summed E-state index contributed by atoms with van der Waals surface area (Å²) in [5.41, 5.74) is 0. The molecule has 0 radical (unpaired) electrons. The van der Waals surface area contributed by atoms with Gasteiger partial charge in [0.05, 0.1) is 5.02 Å². The number of hydrogen-bond acceptors (Lipinski definition) is 2. The van der Waals surface area contributed by atoms with E-state index in [1.54, 1.807) is 6.92 Å². The summed E-state index contributed by atoms with van der Waals surface area (Å²) in [6.45, 7) is 3.61. The van der Waals surface area contributed by atoms with E-state index in [2.05, 4.69) is 4.72 Å². The van der Waals surface area contributed by atoms with Gasteiger partial charge >= 0.3 is 0 Å². The molecule has 2 unspecified atom stereocenters. The van der Waals surface area contributed by atoms with Crippen molar-refractivity contribution in [2.24, 2.45) is 5.92 Å². The van der Waals surface area contributed by atoms with E-state index in [9.17, 15) is 8.42 Å². The zero-order valence-electron chi connectivity index (χ0n) is 9.95. The van der Waals surface area contributed by atoms with Crippen LogP contribution in [-0.4, -0.2) is 20.3 Å². The molecule has 2 atom stereocenters. The Balaban J connectivity index is 3.03. The third-order valence-corrected chi connectivity index (χ3v) is 5.38. The molecular weight excluding hydrogens is 317 g/mol. The van der Waals surface area contributed by atoms with Gasteiger partial charge in [0.1, 0.15) is 4.90 Å². The maximum absolute atomic E-state index is 12.1. The summed E-state index contributed by atoms with van der Waals surface area (Å²) in [6.07, 6.45) is 0. The minimum atomic E-state index is -3.69. The first-order valence-electron chi connectivity index (χ1n) is 5.31. The number of rotatable bonds is 5. The van der Waals surface area contributed by atoms with Crippen molar-refractivity contribution in [1.29, 1.82) is 0 Å². The topological polar surface area (TPSA) is 46.2 Å². The van der Waals surface area contributed by atoms with Crippen LogP contribution in [0.3, 0.4) is 0 Å². The summed E-state index contributed by atoms with van der Waals surface area (Å²) >= 11 is 17.3. The largest absolute Gasteiger partial charge is 0.242 e. The smallest absolute Gasteiger partial charge is 0.208 e. The third kappa shape index (κ3) is 4.00. The van der Waals surface area contributed by atoms with E-state index in [-0.39, 0.29) is 21.9 Å². The Morgan fingerprint density at radius 3 is 2.44 bits per heavy atom. The van der Waals surface area contributed by atoms with Crippen LogP contribution in [0.2, 0.25) is 10.0 Å². The van der Waals surface area contributed by atoms with Crippen molar-refractivity contribution < 1.29 is 8.42 Å². The monoisotopic (exact) mass is 329 g/mol. The maximum atomic E-state index is 12.1. The van der Waals surface area contributed by atoms with Gasteiger partial charge in [0.25, 0.3) is 0 Å². The summed E-state index contributed by atoms with van der Waals surface area (Å²) in [5, 5.41) is 0.454. The molecule has 1 aromatic rings. The van der Waals surface area contributed by atoms with Crippen LogP contribution >= 0.6 is 34.8 Å². The standard InChI is InChI=1S/C11H14Cl3NO2S/c1-7(6-12)8(2)15-18(16,17)11-5-9(13)3-4-10(11)14/h3-5,7-8,15H,6H2,1-2H3. The number of nitrogens with one attached hydrogen (secondary N) is 1. The van der Waals surface area contributed by atoms with Gasteiger partial charge in [-0.05, 0) is 31.0 Å². The molecule has 3 nitrogen and oxygen atoms in total. The molecule has 0 heterocycles. The molecular formula is C11H14Cl3NO2S. The molecule has 0 fully saturated rings. The van der Waals surface area contributed by atoms with Gasteiger partial charge in [-0.2, -0.15) is 0 Å². The molecule has 1 aromatic carbocycles. The van der Waals surface area contributed by atoms with Crippen molar-refractivity contribution in [3.05, 3.63) is 28.2 Å². The highest BCUT2D eigenvalue weighted by Gasteiger charge is 2.23. The maximum Gasteiger partial charge on any atom is 0.242 e. The van der Waals surface area contributed by atoms with Gasteiger partial charge in [0.15, 0.2) is 0 Å². The van der Waals surface area contributed by atoms with Gasteiger partial charge in [-0.25, -0.2) is 13.1 Å². The van der Waals surface area contributed by atoms with Gasteiger partial charge in [-0.15, -0.1) is 11.6 Å². The second-order valence-corrected chi connectivity index (χ2v) is 6.95. The first-order valence-corrected chi connectivity index (χ1v) is 8.08. The van der Waals surface area contributed by atoms with E-state index in [0.717, 1.165) is 0 Å². The summed E-state index contributed by atoms with van der Waals surface area (Å²) < 4.78 is 26.8. The van der Waals surface area contributed by atoms with Gasteiger partial charge in [-0.3, -0.25) is 0 Å². The highest BCUT2D eigenvalue weighted by molar-refractivity contribution is 7.89.